The van der Waals surface area contributed by atoms with Crippen LogP contribution in [0.5, 0.6) is 0 Å². The molecule has 2 unspecified atom stereocenters. The van der Waals surface area contributed by atoms with Gasteiger partial charge >= 0.3 is 12.0 Å². The van der Waals surface area contributed by atoms with Gasteiger partial charge in [0.25, 0.3) is 0 Å². The Kier molecular flexibility index (Phi) is 5.22. The van der Waals surface area contributed by atoms with Crippen LogP contribution in [-0.2, 0) is 4.79 Å². The summed E-state index contributed by atoms with van der Waals surface area (Å²) in [7, 11) is 0. The van der Waals surface area contributed by atoms with Crippen LogP contribution >= 0.6 is 0 Å². The van der Waals surface area contributed by atoms with E-state index in [-0.39, 0.29) is 17.9 Å². The van der Waals surface area contributed by atoms with Gasteiger partial charge in [-0.2, -0.15) is 0 Å². The SMILES string of the molecule is C#CC(C)(C)NC(=O)NCC1CCCCC1C(=O)O. The summed E-state index contributed by atoms with van der Waals surface area (Å²) in [5.74, 6) is 1.36. The minimum absolute atomic E-state index is 0.00551. The monoisotopic (exact) mass is 266 g/mol. The fourth-order valence-corrected chi connectivity index (χ4v) is 2.36. The number of urea groups is 1. The van der Waals surface area contributed by atoms with Crippen LogP contribution in [-0.4, -0.2) is 29.2 Å². The van der Waals surface area contributed by atoms with Crippen molar-refractivity contribution in [1.29, 1.82) is 0 Å². The Bertz CT molecular complexity index is 385. The first-order chi connectivity index (χ1) is 8.85. The zero-order chi connectivity index (χ0) is 14.5. The summed E-state index contributed by atoms with van der Waals surface area (Å²) in [4.78, 5) is 22.8. The van der Waals surface area contributed by atoms with E-state index in [1.54, 1.807) is 13.8 Å². The molecule has 5 heteroatoms. The molecule has 106 valence electrons. The maximum atomic E-state index is 11.7. The van der Waals surface area contributed by atoms with E-state index in [0.29, 0.717) is 13.0 Å². The Morgan fingerprint density at radius 3 is 2.58 bits per heavy atom. The van der Waals surface area contributed by atoms with Crippen LogP contribution < -0.4 is 10.6 Å². The first kappa shape index (κ1) is 15.4. The second kappa shape index (κ2) is 6.46. The van der Waals surface area contributed by atoms with Crippen LogP contribution in [0.3, 0.4) is 0 Å². The van der Waals surface area contributed by atoms with E-state index in [1.165, 1.54) is 0 Å². The van der Waals surface area contributed by atoms with Crippen LogP contribution in [0.25, 0.3) is 0 Å². The molecule has 1 aliphatic rings. The Hall–Kier alpha value is -1.70. The van der Waals surface area contributed by atoms with Crippen LogP contribution in [0.1, 0.15) is 39.5 Å². The summed E-state index contributed by atoms with van der Waals surface area (Å²) in [6.45, 7) is 3.84. The van der Waals surface area contributed by atoms with Gasteiger partial charge in [0.2, 0.25) is 0 Å². The van der Waals surface area contributed by atoms with Gasteiger partial charge < -0.3 is 15.7 Å². The minimum Gasteiger partial charge on any atom is -0.481 e. The highest BCUT2D eigenvalue weighted by Gasteiger charge is 2.31. The molecule has 0 radical (unpaired) electrons. The van der Waals surface area contributed by atoms with E-state index in [2.05, 4.69) is 16.6 Å². The molecule has 1 saturated carbocycles. The van der Waals surface area contributed by atoms with Gasteiger partial charge in [0.15, 0.2) is 0 Å². The van der Waals surface area contributed by atoms with Gasteiger partial charge in [0.1, 0.15) is 0 Å². The van der Waals surface area contributed by atoms with Crippen molar-refractivity contribution in [2.45, 2.75) is 45.1 Å². The fraction of sp³-hybridized carbons (Fsp3) is 0.714. The third-order valence-corrected chi connectivity index (χ3v) is 3.54. The predicted molar refractivity (Wildman–Crippen MR) is 72.5 cm³/mol. The molecule has 0 aliphatic heterocycles. The van der Waals surface area contributed by atoms with Crippen LogP contribution in [0.2, 0.25) is 0 Å². The topological polar surface area (TPSA) is 78.4 Å². The molecule has 2 amide bonds. The van der Waals surface area contributed by atoms with Crippen LogP contribution in [0.4, 0.5) is 4.79 Å². The number of carbonyl (C=O) groups excluding carboxylic acids is 1. The van der Waals surface area contributed by atoms with Crippen molar-refractivity contribution in [2.24, 2.45) is 11.8 Å². The smallest absolute Gasteiger partial charge is 0.315 e. The number of amides is 2. The lowest BCUT2D eigenvalue weighted by atomic mass is 9.79. The number of carbonyl (C=O) groups is 2. The molecule has 0 aromatic rings. The predicted octanol–water partition coefficient (Wildman–Crippen LogP) is 1.59. The molecule has 1 rings (SSSR count). The van der Waals surface area contributed by atoms with E-state index in [4.69, 9.17) is 11.5 Å². The van der Waals surface area contributed by atoms with Crippen molar-refractivity contribution in [2.75, 3.05) is 6.54 Å². The molecule has 0 aromatic heterocycles. The van der Waals surface area contributed by atoms with Gasteiger partial charge in [-0.1, -0.05) is 18.8 Å². The summed E-state index contributed by atoms with van der Waals surface area (Å²) < 4.78 is 0. The molecule has 1 fully saturated rings. The first-order valence-corrected chi connectivity index (χ1v) is 6.62. The maximum Gasteiger partial charge on any atom is 0.315 e. The van der Waals surface area contributed by atoms with E-state index < -0.39 is 11.5 Å². The molecule has 0 heterocycles. The second-order valence-corrected chi connectivity index (χ2v) is 5.59. The zero-order valence-corrected chi connectivity index (χ0v) is 11.5. The lowest BCUT2D eigenvalue weighted by Gasteiger charge is -2.29. The highest BCUT2D eigenvalue weighted by atomic mass is 16.4. The number of hydrogen-bond acceptors (Lipinski definition) is 2. The van der Waals surface area contributed by atoms with Crippen molar-refractivity contribution in [1.82, 2.24) is 10.6 Å². The molecule has 19 heavy (non-hydrogen) atoms. The standard InChI is InChI=1S/C14H22N2O3/c1-4-14(2,3)16-13(19)15-9-10-7-5-6-8-11(10)12(17)18/h1,10-11H,5-9H2,2-3H3,(H,17,18)(H2,15,16,19). The fourth-order valence-electron chi connectivity index (χ4n) is 2.36. The second-order valence-electron chi connectivity index (χ2n) is 5.59. The number of carboxylic acids is 1. The van der Waals surface area contributed by atoms with Gasteiger partial charge in [-0.15, -0.1) is 6.42 Å². The van der Waals surface area contributed by atoms with E-state index >= 15 is 0 Å². The molecular weight excluding hydrogens is 244 g/mol. The van der Waals surface area contributed by atoms with E-state index in [1.807, 2.05) is 0 Å². The molecule has 5 nitrogen and oxygen atoms in total. The number of hydrogen-bond donors (Lipinski definition) is 3. The number of aliphatic carboxylic acids is 1. The Morgan fingerprint density at radius 2 is 2.00 bits per heavy atom. The Balaban J connectivity index is 2.45. The van der Waals surface area contributed by atoms with Crippen molar-refractivity contribution in [3.05, 3.63) is 0 Å². The normalized spacial score (nSPS) is 23.2. The lowest BCUT2D eigenvalue weighted by molar-refractivity contribution is -0.144. The third kappa shape index (κ3) is 4.82. The molecule has 0 bridgehead atoms. The van der Waals surface area contributed by atoms with Gasteiger partial charge in [-0.25, -0.2) is 4.79 Å². The minimum atomic E-state index is -0.768. The van der Waals surface area contributed by atoms with Crippen molar-refractivity contribution < 1.29 is 14.7 Å². The molecule has 2 atom stereocenters. The van der Waals surface area contributed by atoms with E-state index in [9.17, 15) is 9.59 Å². The van der Waals surface area contributed by atoms with Gasteiger partial charge in [0, 0.05) is 6.54 Å². The van der Waals surface area contributed by atoms with Crippen LogP contribution in [0, 0.1) is 24.2 Å². The molecule has 0 saturated heterocycles. The largest absolute Gasteiger partial charge is 0.481 e. The quantitative estimate of drug-likeness (QED) is 0.676. The average Bonchev–Trinajstić information content (AvgIpc) is 2.36. The highest BCUT2D eigenvalue weighted by Crippen LogP contribution is 2.29. The zero-order valence-electron chi connectivity index (χ0n) is 11.5. The van der Waals surface area contributed by atoms with Crippen molar-refractivity contribution >= 4 is 12.0 Å². The number of rotatable bonds is 4. The van der Waals surface area contributed by atoms with Gasteiger partial charge in [0.05, 0.1) is 11.5 Å². The maximum absolute atomic E-state index is 11.7. The summed E-state index contributed by atoms with van der Waals surface area (Å²) in [6.07, 6.45) is 8.79. The summed E-state index contributed by atoms with van der Waals surface area (Å²) in [6, 6.07) is -0.349. The van der Waals surface area contributed by atoms with Crippen molar-refractivity contribution in [3.63, 3.8) is 0 Å². The molecule has 0 aromatic carbocycles. The number of terminal acetylenes is 1. The lowest BCUT2D eigenvalue weighted by Crippen LogP contribution is -2.49. The Morgan fingerprint density at radius 1 is 1.37 bits per heavy atom. The number of nitrogens with one attached hydrogen (secondary N) is 2. The molecule has 3 N–H and O–H groups in total. The first-order valence-electron chi connectivity index (χ1n) is 6.62. The van der Waals surface area contributed by atoms with Crippen LogP contribution in [0.15, 0.2) is 0 Å². The summed E-state index contributed by atoms with van der Waals surface area (Å²) in [5, 5.41) is 14.5. The highest BCUT2D eigenvalue weighted by molar-refractivity contribution is 5.75. The van der Waals surface area contributed by atoms with Gasteiger partial charge in [-0.3, -0.25) is 4.79 Å². The number of carboxylic acid groups (broad SMARTS) is 1. The van der Waals surface area contributed by atoms with Crippen molar-refractivity contribution in [3.8, 4) is 12.3 Å². The van der Waals surface area contributed by atoms with Gasteiger partial charge in [-0.05, 0) is 32.6 Å². The average molecular weight is 266 g/mol. The molecule has 0 spiro atoms. The third-order valence-electron chi connectivity index (χ3n) is 3.54. The summed E-state index contributed by atoms with van der Waals surface area (Å²) in [5.41, 5.74) is -0.706. The van der Waals surface area contributed by atoms with E-state index in [0.717, 1.165) is 19.3 Å². The summed E-state index contributed by atoms with van der Waals surface area (Å²) >= 11 is 0. The molecular formula is C14H22N2O3. The Labute approximate surface area is 114 Å². The molecule has 1 aliphatic carbocycles.